The first-order valence-corrected chi connectivity index (χ1v) is 6.41. The Labute approximate surface area is 110 Å². The average molecular weight is 266 g/mol. The molecular formula is C12H14N2O3S. The van der Waals surface area contributed by atoms with Crippen LogP contribution in [0.5, 0.6) is 5.75 Å². The van der Waals surface area contributed by atoms with Gasteiger partial charge < -0.3 is 10.1 Å². The number of hydrogen-bond acceptors (Lipinski definition) is 5. The fraction of sp³-hybridized carbons (Fsp3) is 0.333. The lowest BCUT2D eigenvalue weighted by atomic mass is 10.2. The Bertz CT molecular complexity index is 457. The van der Waals surface area contributed by atoms with Crippen molar-refractivity contribution in [3.05, 3.63) is 28.3 Å². The monoisotopic (exact) mass is 266 g/mol. The minimum absolute atomic E-state index is 0.00753. The molecule has 1 aromatic rings. The molecule has 0 bridgehead atoms. The molecule has 18 heavy (non-hydrogen) atoms. The highest BCUT2D eigenvalue weighted by Crippen LogP contribution is 2.25. The van der Waals surface area contributed by atoms with Crippen molar-refractivity contribution in [2.75, 3.05) is 30.5 Å². The molecule has 0 saturated carbocycles. The van der Waals surface area contributed by atoms with E-state index in [9.17, 15) is 10.1 Å². The zero-order valence-corrected chi connectivity index (χ0v) is 10.8. The van der Waals surface area contributed by atoms with Gasteiger partial charge in [0.25, 0.3) is 5.69 Å². The number of anilines is 1. The second-order valence-electron chi connectivity index (χ2n) is 3.36. The summed E-state index contributed by atoms with van der Waals surface area (Å²) in [5.74, 6) is 4.50. The van der Waals surface area contributed by atoms with Crippen LogP contribution >= 0.6 is 11.8 Å². The van der Waals surface area contributed by atoms with Gasteiger partial charge in [0.1, 0.15) is 5.75 Å². The largest absolute Gasteiger partial charge is 0.496 e. The van der Waals surface area contributed by atoms with E-state index in [0.29, 0.717) is 23.7 Å². The molecule has 0 spiro atoms. The van der Waals surface area contributed by atoms with Gasteiger partial charge in [-0.05, 0) is 0 Å². The molecular weight excluding hydrogens is 252 g/mol. The highest BCUT2D eigenvalue weighted by atomic mass is 32.2. The van der Waals surface area contributed by atoms with Crippen molar-refractivity contribution in [1.29, 1.82) is 0 Å². The van der Waals surface area contributed by atoms with E-state index in [2.05, 4.69) is 11.2 Å². The van der Waals surface area contributed by atoms with Crippen molar-refractivity contribution in [3.63, 3.8) is 0 Å². The summed E-state index contributed by atoms with van der Waals surface area (Å²) in [6, 6.07) is 4.59. The van der Waals surface area contributed by atoms with Crippen molar-refractivity contribution in [2.45, 2.75) is 0 Å². The Morgan fingerprint density at radius 2 is 2.33 bits per heavy atom. The van der Waals surface area contributed by atoms with Crippen LogP contribution in [0.1, 0.15) is 0 Å². The van der Waals surface area contributed by atoms with E-state index in [-0.39, 0.29) is 5.69 Å². The van der Waals surface area contributed by atoms with Gasteiger partial charge in [-0.15, -0.1) is 18.2 Å². The van der Waals surface area contributed by atoms with Gasteiger partial charge in [-0.3, -0.25) is 10.1 Å². The lowest BCUT2D eigenvalue weighted by Gasteiger charge is -2.07. The van der Waals surface area contributed by atoms with Crippen molar-refractivity contribution >= 4 is 23.1 Å². The summed E-state index contributed by atoms with van der Waals surface area (Å²) in [6.07, 6.45) is 5.13. The molecule has 1 N–H and O–H groups in total. The highest BCUT2D eigenvalue weighted by molar-refractivity contribution is 7.99. The predicted molar refractivity (Wildman–Crippen MR) is 74.3 cm³/mol. The van der Waals surface area contributed by atoms with Crippen LogP contribution in [0.3, 0.4) is 0 Å². The highest BCUT2D eigenvalue weighted by Gasteiger charge is 2.09. The number of nitrogens with zero attached hydrogens (tertiary/aromatic N) is 1. The van der Waals surface area contributed by atoms with E-state index in [1.807, 2.05) is 0 Å². The molecule has 0 atom stereocenters. The first-order chi connectivity index (χ1) is 8.67. The molecule has 0 unspecified atom stereocenters. The van der Waals surface area contributed by atoms with Crippen LogP contribution in [0.15, 0.2) is 18.2 Å². The minimum atomic E-state index is -0.444. The molecule has 0 aliphatic carbocycles. The maximum atomic E-state index is 10.7. The molecule has 1 aromatic carbocycles. The molecule has 0 aliphatic heterocycles. The van der Waals surface area contributed by atoms with Crippen molar-refractivity contribution in [1.82, 2.24) is 0 Å². The zero-order valence-electron chi connectivity index (χ0n) is 10.0. The quantitative estimate of drug-likeness (QED) is 0.355. The summed E-state index contributed by atoms with van der Waals surface area (Å²) in [5.41, 5.74) is 0.676. The van der Waals surface area contributed by atoms with Crippen molar-refractivity contribution < 1.29 is 9.66 Å². The van der Waals surface area contributed by atoms with E-state index in [0.717, 1.165) is 5.75 Å². The fourth-order valence-corrected chi connectivity index (χ4v) is 1.82. The molecule has 0 saturated heterocycles. The van der Waals surface area contributed by atoms with Crippen LogP contribution in [0.2, 0.25) is 0 Å². The third-order valence-electron chi connectivity index (χ3n) is 2.10. The molecule has 0 heterocycles. The summed E-state index contributed by atoms with van der Waals surface area (Å²) in [6.45, 7) is 0.691. The Balaban J connectivity index is 2.62. The fourth-order valence-electron chi connectivity index (χ4n) is 1.31. The van der Waals surface area contributed by atoms with Crippen LogP contribution in [0.4, 0.5) is 11.4 Å². The van der Waals surface area contributed by atoms with Crippen LogP contribution in [-0.2, 0) is 0 Å². The molecule has 0 radical (unpaired) electrons. The smallest absolute Gasteiger partial charge is 0.275 e. The number of hydrogen-bond donors (Lipinski definition) is 1. The topological polar surface area (TPSA) is 64.4 Å². The maximum absolute atomic E-state index is 10.7. The number of thioether (sulfide) groups is 1. The van der Waals surface area contributed by atoms with Gasteiger partial charge in [0.15, 0.2) is 0 Å². The number of nitro groups is 1. The zero-order chi connectivity index (χ0) is 13.4. The first kappa shape index (κ1) is 14.2. The summed E-state index contributed by atoms with van der Waals surface area (Å²) in [5, 5.41) is 13.8. The Kier molecular flexibility index (Phi) is 5.88. The van der Waals surface area contributed by atoms with Crippen LogP contribution in [-0.4, -0.2) is 30.1 Å². The van der Waals surface area contributed by atoms with Gasteiger partial charge >= 0.3 is 0 Å². The Hall–Kier alpha value is -1.87. The molecule has 6 heteroatoms. The van der Waals surface area contributed by atoms with E-state index in [4.69, 9.17) is 11.2 Å². The standard InChI is InChI=1S/C12H14N2O3S/c1-3-5-18-6-4-13-10-7-11(14(15)16)9-12(8-10)17-2/h1,7-9,13H,4-6H2,2H3. The molecule has 96 valence electrons. The predicted octanol–water partition coefficient (Wildman–Crippen LogP) is 2.38. The van der Waals surface area contributed by atoms with Crippen molar-refractivity contribution in [3.8, 4) is 18.1 Å². The third kappa shape index (κ3) is 4.55. The molecule has 0 amide bonds. The second-order valence-corrected chi connectivity index (χ2v) is 4.47. The molecule has 0 aromatic heterocycles. The molecule has 0 aliphatic rings. The molecule has 5 nitrogen and oxygen atoms in total. The van der Waals surface area contributed by atoms with Gasteiger partial charge in [-0.2, -0.15) is 0 Å². The maximum Gasteiger partial charge on any atom is 0.275 e. The number of non-ortho nitro benzene ring substituents is 1. The van der Waals surface area contributed by atoms with Crippen LogP contribution in [0.25, 0.3) is 0 Å². The number of benzene rings is 1. The van der Waals surface area contributed by atoms with Crippen molar-refractivity contribution in [2.24, 2.45) is 0 Å². The van der Waals surface area contributed by atoms with Gasteiger partial charge in [0, 0.05) is 30.1 Å². The summed E-state index contributed by atoms with van der Waals surface area (Å²) in [4.78, 5) is 10.3. The van der Waals surface area contributed by atoms with Gasteiger partial charge in [0.2, 0.25) is 0 Å². The summed E-state index contributed by atoms with van der Waals surface area (Å²) in [7, 11) is 1.48. The summed E-state index contributed by atoms with van der Waals surface area (Å²) >= 11 is 1.63. The summed E-state index contributed by atoms with van der Waals surface area (Å²) < 4.78 is 5.01. The number of nitrogens with one attached hydrogen (secondary N) is 1. The minimum Gasteiger partial charge on any atom is -0.496 e. The lowest BCUT2D eigenvalue weighted by Crippen LogP contribution is -2.05. The Morgan fingerprint density at radius 3 is 2.94 bits per heavy atom. The Morgan fingerprint density at radius 1 is 1.56 bits per heavy atom. The number of nitro benzene ring substituents is 1. The van der Waals surface area contributed by atoms with Gasteiger partial charge in [0.05, 0.1) is 23.9 Å². The normalized spacial score (nSPS) is 9.56. The lowest BCUT2D eigenvalue weighted by molar-refractivity contribution is -0.384. The first-order valence-electron chi connectivity index (χ1n) is 5.26. The van der Waals surface area contributed by atoms with Crippen LogP contribution in [0, 0.1) is 22.5 Å². The SMILES string of the molecule is C#CCSCCNc1cc(OC)cc([N+](=O)[O-])c1. The van der Waals surface area contributed by atoms with E-state index in [1.54, 1.807) is 17.8 Å². The van der Waals surface area contributed by atoms with E-state index in [1.165, 1.54) is 19.2 Å². The molecule has 0 fully saturated rings. The number of rotatable bonds is 7. The second kappa shape index (κ2) is 7.45. The van der Waals surface area contributed by atoms with E-state index >= 15 is 0 Å². The third-order valence-corrected chi connectivity index (χ3v) is 2.96. The van der Waals surface area contributed by atoms with Gasteiger partial charge in [-0.1, -0.05) is 5.92 Å². The number of ether oxygens (including phenoxy) is 1. The molecule has 1 rings (SSSR count). The number of terminal acetylenes is 1. The van der Waals surface area contributed by atoms with E-state index < -0.39 is 4.92 Å². The van der Waals surface area contributed by atoms with Crippen LogP contribution < -0.4 is 10.1 Å². The number of methoxy groups -OCH3 is 1. The average Bonchev–Trinajstić information content (AvgIpc) is 2.38. The van der Waals surface area contributed by atoms with Gasteiger partial charge in [-0.25, -0.2) is 0 Å².